The van der Waals surface area contributed by atoms with E-state index in [1.807, 2.05) is 12.1 Å². The zero-order chi connectivity index (χ0) is 10.7. The van der Waals surface area contributed by atoms with Crippen LogP contribution in [-0.4, -0.2) is 14.5 Å². The maximum atomic E-state index is 11.4. The second-order valence-corrected chi connectivity index (χ2v) is 3.96. The zero-order valence-corrected chi connectivity index (χ0v) is 9.39. The molecule has 0 bridgehead atoms. The lowest BCUT2D eigenvalue weighted by molar-refractivity contribution is 0.721. The molecule has 76 valence electrons. The van der Waals surface area contributed by atoms with Gasteiger partial charge in [-0.3, -0.25) is 9.55 Å². The number of rotatable bonds is 2. The molecular formula is C10H8BrN3O. The lowest BCUT2D eigenvalue weighted by Gasteiger charge is -2.04. The molecule has 5 heteroatoms. The minimum absolute atomic E-state index is 0.262. The Hall–Kier alpha value is -1.49. The highest BCUT2D eigenvalue weighted by Crippen LogP contribution is 2.05. The second kappa shape index (κ2) is 4.35. The molecule has 0 N–H and O–H groups in total. The molecule has 0 fully saturated rings. The van der Waals surface area contributed by atoms with Gasteiger partial charge in [-0.25, -0.2) is 9.78 Å². The number of halogens is 1. The number of pyridine rings is 1. The van der Waals surface area contributed by atoms with Crippen LogP contribution in [0.25, 0.3) is 0 Å². The van der Waals surface area contributed by atoms with Crippen molar-refractivity contribution in [1.82, 2.24) is 14.5 Å². The first-order chi connectivity index (χ1) is 7.25. The van der Waals surface area contributed by atoms with E-state index in [2.05, 4.69) is 25.9 Å². The summed E-state index contributed by atoms with van der Waals surface area (Å²) in [6, 6.07) is 3.76. The molecule has 0 aliphatic carbocycles. The average Bonchev–Trinajstić information content (AvgIpc) is 2.25. The minimum atomic E-state index is -0.262. The van der Waals surface area contributed by atoms with Crippen LogP contribution in [0, 0.1) is 0 Å². The zero-order valence-electron chi connectivity index (χ0n) is 7.80. The van der Waals surface area contributed by atoms with Crippen LogP contribution in [0.2, 0.25) is 0 Å². The third-order valence-corrected chi connectivity index (χ3v) is 2.31. The van der Waals surface area contributed by atoms with Crippen molar-refractivity contribution in [2.75, 3.05) is 0 Å². The Labute approximate surface area is 94.8 Å². The van der Waals surface area contributed by atoms with Gasteiger partial charge >= 0.3 is 5.69 Å². The topological polar surface area (TPSA) is 47.8 Å². The van der Waals surface area contributed by atoms with Crippen LogP contribution in [0.4, 0.5) is 0 Å². The molecule has 0 spiro atoms. The molecule has 15 heavy (non-hydrogen) atoms. The van der Waals surface area contributed by atoms with Crippen LogP contribution in [0.5, 0.6) is 0 Å². The van der Waals surface area contributed by atoms with E-state index in [0.29, 0.717) is 6.54 Å². The molecule has 0 aliphatic rings. The van der Waals surface area contributed by atoms with Gasteiger partial charge < -0.3 is 0 Å². The van der Waals surface area contributed by atoms with Crippen LogP contribution >= 0.6 is 15.9 Å². The maximum Gasteiger partial charge on any atom is 0.347 e. The van der Waals surface area contributed by atoms with Gasteiger partial charge in [0.2, 0.25) is 0 Å². The van der Waals surface area contributed by atoms with Crippen molar-refractivity contribution in [3.05, 3.63) is 57.4 Å². The van der Waals surface area contributed by atoms with E-state index in [4.69, 9.17) is 0 Å². The molecule has 2 heterocycles. The second-order valence-electron chi connectivity index (χ2n) is 3.04. The quantitative estimate of drug-likeness (QED) is 0.826. The van der Waals surface area contributed by atoms with E-state index in [1.165, 1.54) is 10.8 Å². The van der Waals surface area contributed by atoms with Gasteiger partial charge in [-0.05, 0) is 27.6 Å². The van der Waals surface area contributed by atoms with Gasteiger partial charge in [-0.15, -0.1) is 0 Å². The first-order valence-corrected chi connectivity index (χ1v) is 5.16. The highest BCUT2D eigenvalue weighted by molar-refractivity contribution is 9.10. The first kappa shape index (κ1) is 10.0. The summed E-state index contributed by atoms with van der Waals surface area (Å²) in [6.45, 7) is 0.485. The molecule has 2 rings (SSSR count). The van der Waals surface area contributed by atoms with Gasteiger partial charge in [-0.2, -0.15) is 0 Å². The maximum absolute atomic E-state index is 11.4. The van der Waals surface area contributed by atoms with E-state index in [9.17, 15) is 4.79 Å². The lowest BCUT2D eigenvalue weighted by Crippen LogP contribution is -2.22. The lowest BCUT2D eigenvalue weighted by atomic mass is 10.3. The molecule has 0 atom stereocenters. The molecule has 2 aromatic rings. The van der Waals surface area contributed by atoms with Crippen LogP contribution in [-0.2, 0) is 6.54 Å². The summed E-state index contributed by atoms with van der Waals surface area (Å²) in [6.07, 6.45) is 6.63. The van der Waals surface area contributed by atoms with E-state index < -0.39 is 0 Å². The molecule has 0 aliphatic heterocycles. The largest absolute Gasteiger partial charge is 0.347 e. The highest BCUT2D eigenvalue weighted by atomic mass is 79.9. The monoisotopic (exact) mass is 265 g/mol. The van der Waals surface area contributed by atoms with Crippen molar-refractivity contribution in [2.24, 2.45) is 0 Å². The van der Waals surface area contributed by atoms with Crippen molar-refractivity contribution in [3.63, 3.8) is 0 Å². The van der Waals surface area contributed by atoms with Gasteiger partial charge in [-0.1, -0.05) is 6.07 Å². The minimum Gasteiger partial charge on any atom is -0.294 e. The van der Waals surface area contributed by atoms with Crippen LogP contribution in [0.3, 0.4) is 0 Å². The third-order valence-electron chi connectivity index (χ3n) is 1.90. The number of aromatic nitrogens is 3. The van der Waals surface area contributed by atoms with Crippen molar-refractivity contribution >= 4 is 15.9 Å². The molecule has 4 nitrogen and oxygen atoms in total. The standard InChI is InChI=1S/C10H8BrN3O/c11-9-5-13-10(15)14(7-9)6-8-2-1-3-12-4-8/h1-5,7H,6H2. The fraction of sp³-hybridized carbons (Fsp3) is 0.100. The summed E-state index contributed by atoms with van der Waals surface area (Å²) in [4.78, 5) is 19.1. The molecule has 0 amide bonds. The van der Waals surface area contributed by atoms with Crippen LogP contribution in [0.1, 0.15) is 5.56 Å². The summed E-state index contributed by atoms with van der Waals surface area (Å²) >= 11 is 3.27. The normalized spacial score (nSPS) is 10.2. The van der Waals surface area contributed by atoms with Gasteiger partial charge in [0.15, 0.2) is 0 Å². The summed E-state index contributed by atoms with van der Waals surface area (Å²) < 4.78 is 2.31. The van der Waals surface area contributed by atoms with Gasteiger partial charge in [0, 0.05) is 24.8 Å². The molecule has 0 unspecified atom stereocenters. The van der Waals surface area contributed by atoms with Crippen molar-refractivity contribution in [3.8, 4) is 0 Å². The molecule has 0 radical (unpaired) electrons. The molecule has 2 aromatic heterocycles. The fourth-order valence-electron chi connectivity index (χ4n) is 1.23. The van der Waals surface area contributed by atoms with Gasteiger partial charge in [0.1, 0.15) is 0 Å². The highest BCUT2D eigenvalue weighted by Gasteiger charge is 1.99. The number of nitrogens with zero attached hydrogens (tertiary/aromatic N) is 3. The molecule has 0 saturated carbocycles. The molecule has 0 saturated heterocycles. The Morgan fingerprint density at radius 1 is 1.40 bits per heavy atom. The van der Waals surface area contributed by atoms with E-state index in [1.54, 1.807) is 18.6 Å². The SMILES string of the molecule is O=c1ncc(Br)cn1Cc1cccnc1. The van der Waals surface area contributed by atoms with E-state index in [-0.39, 0.29) is 5.69 Å². The predicted molar refractivity (Wildman–Crippen MR) is 59.5 cm³/mol. The van der Waals surface area contributed by atoms with Crippen molar-refractivity contribution < 1.29 is 0 Å². The third kappa shape index (κ3) is 2.50. The van der Waals surface area contributed by atoms with E-state index >= 15 is 0 Å². The average molecular weight is 266 g/mol. The Kier molecular flexibility index (Phi) is 2.91. The summed E-state index contributed by atoms with van der Waals surface area (Å²) in [5, 5.41) is 0. The summed E-state index contributed by atoms with van der Waals surface area (Å²) in [5.74, 6) is 0. The van der Waals surface area contributed by atoms with Crippen molar-refractivity contribution in [1.29, 1.82) is 0 Å². The van der Waals surface area contributed by atoms with Gasteiger partial charge in [0.25, 0.3) is 0 Å². The Balaban J connectivity index is 2.32. The Morgan fingerprint density at radius 3 is 3.00 bits per heavy atom. The van der Waals surface area contributed by atoms with Crippen LogP contribution in [0.15, 0.2) is 46.2 Å². The van der Waals surface area contributed by atoms with Gasteiger partial charge in [0.05, 0.1) is 11.0 Å². The fourth-order valence-corrected chi connectivity index (χ4v) is 1.58. The molecule has 0 aromatic carbocycles. The summed E-state index contributed by atoms with van der Waals surface area (Å²) in [7, 11) is 0. The van der Waals surface area contributed by atoms with E-state index in [0.717, 1.165) is 10.0 Å². The Bertz CT molecular complexity index is 510. The smallest absolute Gasteiger partial charge is 0.294 e. The van der Waals surface area contributed by atoms with Crippen molar-refractivity contribution in [2.45, 2.75) is 6.54 Å². The number of hydrogen-bond donors (Lipinski definition) is 0. The molecular weight excluding hydrogens is 258 g/mol. The number of hydrogen-bond acceptors (Lipinski definition) is 3. The van der Waals surface area contributed by atoms with Crippen LogP contribution < -0.4 is 5.69 Å². The predicted octanol–water partition coefficient (Wildman–Crippen LogP) is 1.45. The first-order valence-electron chi connectivity index (χ1n) is 4.36. The Morgan fingerprint density at radius 2 is 2.27 bits per heavy atom. The summed E-state index contributed by atoms with van der Waals surface area (Å²) in [5.41, 5.74) is 0.710.